The van der Waals surface area contributed by atoms with Crippen LogP contribution in [-0.2, 0) is 0 Å². The average Bonchev–Trinajstić information content (AvgIpc) is 3.38. The highest BCUT2D eigenvalue weighted by Crippen LogP contribution is 2.52. The zero-order valence-electron chi connectivity index (χ0n) is 18.3. The first-order chi connectivity index (χ1) is 16.3. The van der Waals surface area contributed by atoms with Gasteiger partial charge in [-0.2, -0.15) is 0 Å². The van der Waals surface area contributed by atoms with Crippen LogP contribution in [0.5, 0.6) is 0 Å². The molecule has 33 heavy (non-hydrogen) atoms. The highest BCUT2D eigenvalue weighted by molar-refractivity contribution is 6.48. The fourth-order valence-corrected chi connectivity index (χ4v) is 6.38. The van der Waals surface area contributed by atoms with Crippen molar-refractivity contribution < 1.29 is 0 Å². The van der Waals surface area contributed by atoms with Crippen LogP contribution in [0.25, 0.3) is 75.8 Å². The molecule has 0 bridgehead atoms. The first-order valence-electron chi connectivity index (χ1n) is 11.6. The summed E-state index contributed by atoms with van der Waals surface area (Å²) in [5.41, 5.74) is 3.99. The molecule has 0 spiro atoms. The van der Waals surface area contributed by atoms with Crippen molar-refractivity contribution in [2.24, 2.45) is 0 Å². The first-order valence-corrected chi connectivity index (χ1v) is 11.6. The summed E-state index contributed by atoms with van der Waals surface area (Å²) >= 11 is 0. The molecule has 0 nitrogen and oxygen atoms in total. The average molecular weight is 417 g/mol. The maximum absolute atomic E-state index is 2.35. The van der Waals surface area contributed by atoms with Crippen molar-refractivity contribution >= 4 is 64.6 Å². The van der Waals surface area contributed by atoms with Crippen LogP contribution in [0.2, 0.25) is 0 Å². The Kier molecular flexibility index (Phi) is 3.16. The third kappa shape index (κ3) is 2.02. The number of fused-ring (bicyclic) bond motifs is 7. The number of hydrogen-bond donors (Lipinski definition) is 0. The van der Waals surface area contributed by atoms with E-state index in [2.05, 4.69) is 110 Å². The second kappa shape index (κ2) is 5.99. The highest BCUT2D eigenvalue weighted by atomic mass is 14.3. The molecule has 0 amide bonds. The molecule has 0 aliphatic heterocycles. The van der Waals surface area contributed by atoms with Gasteiger partial charge in [-0.15, -0.1) is 0 Å². The van der Waals surface area contributed by atoms with Crippen molar-refractivity contribution in [2.75, 3.05) is 0 Å². The van der Waals surface area contributed by atoms with Crippen molar-refractivity contribution in [3.8, 4) is 11.1 Å². The largest absolute Gasteiger partial charge is 0.0622 e. The van der Waals surface area contributed by atoms with E-state index in [1.807, 2.05) is 0 Å². The predicted octanol–water partition coefficient (Wildman–Crippen LogP) is 9.46. The smallest absolute Gasteiger partial charge is 0.000697 e. The number of benzene rings is 6. The minimum absolute atomic E-state index is 1.29. The van der Waals surface area contributed by atoms with Crippen molar-refractivity contribution in [2.45, 2.75) is 6.92 Å². The van der Waals surface area contributed by atoms with Crippen LogP contribution in [-0.4, -0.2) is 0 Å². The quantitative estimate of drug-likeness (QED) is 0.250. The zero-order chi connectivity index (χ0) is 21.7. The van der Waals surface area contributed by atoms with Gasteiger partial charge in [0, 0.05) is 0 Å². The number of rotatable bonds is 1. The third-order valence-electron chi connectivity index (χ3n) is 7.68. The normalized spacial score (nSPS) is 12.4. The lowest BCUT2D eigenvalue weighted by Gasteiger charge is -2.12. The van der Waals surface area contributed by atoms with Gasteiger partial charge in [-0.05, 0) is 88.2 Å². The molecule has 0 radical (unpaired) electrons. The minimum atomic E-state index is 1.29. The molecule has 8 aromatic carbocycles. The van der Waals surface area contributed by atoms with E-state index in [4.69, 9.17) is 0 Å². The number of hydrogen-bond acceptors (Lipinski definition) is 0. The Morgan fingerprint density at radius 1 is 0.333 bits per heavy atom. The van der Waals surface area contributed by atoms with E-state index in [0.29, 0.717) is 0 Å². The van der Waals surface area contributed by atoms with Gasteiger partial charge in [0.25, 0.3) is 0 Å². The monoisotopic (exact) mass is 416 g/mol. The SMILES string of the molecule is Cc1ccc2c3c1cccc3c1c(-c3ccccc3)c3cccc4c5ccccc5c(c34)c21. The summed E-state index contributed by atoms with van der Waals surface area (Å²) in [6.07, 6.45) is 0. The van der Waals surface area contributed by atoms with Crippen LogP contribution < -0.4 is 0 Å². The Morgan fingerprint density at radius 3 is 1.76 bits per heavy atom. The van der Waals surface area contributed by atoms with Crippen LogP contribution in [0.15, 0.2) is 103 Å². The van der Waals surface area contributed by atoms with Crippen LogP contribution >= 0.6 is 0 Å². The van der Waals surface area contributed by atoms with Crippen LogP contribution in [0, 0.1) is 6.92 Å². The summed E-state index contributed by atoms with van der Waals surface area (Å²) in [7, 11) is 0. The molecule has 8 aromatic rings. The zero-order valence-corrected chi connectivity index (χ0v) is 18.3. The summed E-state index contributed by atoms with van der Waals surface area (Å²) in [4.78, 5) is 0. The fourth-order valence-electron chi connectivity index (χ4n) is 6.38. The Bertz CT molecular complexity index is 2010. The van der Waals surface area contributed by atoms with E-state index in [1.165, 1.54) is 81.3 Å². The summed E-state index contributed by atoms with van der Waals surface area (Å²) in [5, 5.41) is 16.5. The number of aryl methyl sites for hydroxylation is 1. The summed E-state index contributed by atoms with van der Waals surface area (Å²) in [6, 6.07) is 38.2. The van der Waals surface area contributed by atoms with Gasteiger partial charge in [0.15, 0.2) is 0 Å². The van der Waals surface area contributed by atoms with Crippen molar-refractivity contribution in [1.82, 2.24) is 0 Å². The van der Waals surface area contributed by atoms with Gasteiger partial charge in [-0.25, -0.2) is 0 Å². The van der Waals surface area contributed by atoms with E-state index in [1.54, 1.807) is 0 Å². The van der Waals surface area contributed by atoms with Gasteiger partial charge in [0.05, 0.1) is 0 Å². The molecule has 0 fully saturated rings. The van der Waals surface area contributed by atoms with Crippen molar-refractivity contribution in [3.05, 3.63) is 109 Å². The first kappa shape index (κ1) is 17.4. The van der Waals surface area contributed by atoms with Gasteiger partial charge in [-0.1, -0.05) is 103 Å². The van der Waals surface area contributed by atoms with Gasteiger partial charge in [0.2, 0.25) is 0 Å². The fraction of sp³-hybridized carbons (Fsp3) is 0.0303. The summed E-state index contributed by atoms with van der Waals surface area (Å²) in [6.45, 7) is 2.23. The topological polar surface area (TPSA) is 0 Å². The van der Waals surface area contributed by atoms with Crippen molar-refractivity contribution in [3.63, 3.8) is 0 Å². The molecule has 0 heterocycles. The molecule has 0 N–H and O–H groups in total. The molecule has 152 valence electrons. The van der Waals surface area contributed by atoms with Gasteiger partial charge in [-0.3, -0.25) is 0 Å². The Hall–Kier alpha value is -4.16. The van der Waals surface area contributed by atoms with Gasteiger partial charge < -0.3 is 0 Å². The Labute approximate surface area is 191 Å². The van der Waals surface area contributed by atoms with Crippen LogP contribution in [0.4, 0.5) is 0 Å². The third-order valence-corrected chi connectivity index (χ3v) is 7.68. The lowest BCUT2D eigenvalue weighted by molar-refractivity contribution is 1.55. The molecular weight excluding hydrogens is 396 g/mol. The Morgan fingerprint density at radius 2 is 0.909 bits per heavy atom. The molecule has 0 unspecified atom stereocenters. The maximum Gasteiger partial charge on any atom is -0.000697 e. The predicted molar refractivity (Wildman–Crippen MR) is 144 cm³/mol. The van der Waals surface area contributed by atoms with Gasteiger partial charge >= 0.3 is 0 Å². The molecular formula is C33H20. The molecule has 0 aliphatic rings. The molecule has 0 aromatic heterocycles. The molecule has 0 saturated carbocycles. The summed E-state index contributed by atoms with van der Waals surface area (Å²) < 4.78 is 0. The minimum Gasteiger partial charge on any atom is -0.0622 e. The summed E-state index contributed by atoms with van der Waals surface area (Å²) in [5.74, 6) is 0. The second-order valence-electron chi connectivity index (χ2n) is 9.30. The lowest BCUT2D eigenvalue weighted by atomic mass is 9.90. The van der Waals surface area contributed by atoms with Crippen molar-refractivity contribution in [1.29, 1.82) is 0 Å². The van der Waals surface area contributed by atoms with Crippen LogP contribution in [0.3, 0.4) is 0 Å². The lowest BCUT2D eigenvalue weighted by Crippen LogP contribution is -1.84. The van der Waals surface area contributed by atoms with E-state index in [-0.39, 0.29) is 0 Å². The molecule has 0 saturated heterocycles. The molecule has 0 aliphatic carbocycles. The maximum atomic E-state index is 2.35. The molecule has 0 heteroatoms. The van der Waals surface area contributed by atoms with E-state index in [9.17, 15) is 0 Å². The van der Waals surface area contributed by atoms with E-state index < -0.39 is 0 Å². The highest BCUT2D eigenvalue weighted by Gasteiger charge is 2.24. The van der Waals surface area contributed by atoms with Gasteiger partial charge in [0.1, 0.15) is 0 Å². The van der Waals surface area contributed by atoms with Crippen LogP contribution in [0.1, 0.15) is 5.56 Å². The molecule has 0 atom stereocenters. The second-order valence-corrected chi connectivity index (χ2v) is 9.30. The Balaban J connectivity index is 1.83. The van der Waals surface area contributed by atoms with E-state index >= 15 is 0 Å². The standard InChI is InChI=1S/C33H20/c1-19-17-18-27-29-21(19)13-7-16-26(29)32-28(20-9-3-2-4-10-20)25-15-8-14-23-22-11-5-6-12-24(22)31(30(23)25)33(27)32/h2-18H,1H3. The van der Waals surface area contributed by atoms with E-state index in [0.717, 1.165) is 0 Å². The molecule has 8 rings (SSSR count).